The molecule has 1 fully saturated rings. The lowest BCUT2D eigenvalue weighted by Gasteiger charge is -2.16. The Morgan fingerprint density at radius 2 is 2.33 bits per heavy atom. The molecule has 0 saturated carbocycles. The summed E-state index contributed by atoms with van der Waals surface area (Å²) in [5.41, 5.74) is 7.14. The molecule has 1 saturated heterocycles. The SMILES string of the molecule is N[C@@H]1CCN(Cc2ccc(Cl)cc2Br)C1. The van der Waals surface area contributed by atoms with Crippen molar-refractivity contribution >= 4 is 27.5 Å². The van der Waals surface area contributed by atoms with Crippen LogP contribution in [0.5, 0.6) is 0 Å². The lowest BCUT2D eigenvalue weighted by molar-refractivity contribution is 0.326. The molecule has 4 heteroatoms. The number of halogens is 2. The Morgan fingerprint density at radius 3 is 2.93 bits per heavy atom. The quantitative estimate of drug-likeness (QED) is 0.907. The van der Waals surface area contributed by atoms with Gasteiger partial charge >= 0.3 is 0 Å². The largest absolute Gasteiger partial charge is 0.326 e. The molecule has 1 heterocycles. The van der Waals surface area contributed by atoms with E-state index >= 15 is 0 Å². The summed E-state index contributed by atoms with van der Waals surface area (Å²) in [5, 5.41) is 0.767. The summed E-state index contributed by atoms with van der Waals surface area (Å²) in [6.45, 7) is 3.04. The van der Waals surface area contributed by atoms with Crippen LogP contribution in [0, 0.1) is 0 Å². The van der Waals surface area contributed by atoms with Gasteiger partial charge in [0.15, 0.2) is 0 Å². The molecule has 15 heavy (non-hydrogen) atoms. The van der Waals surface area contributed by atoms with Gasteiger partial charge in [-0.2, -0.15) is 0 Å². The van der Waals surface area contributed by atoms with E-state index in [1.54, 1.807) is 0 Å². The van der Waals surface area contributed by atoms with Gasteiger partial charge in [-0.05, 0) is 24.1 Å². The van der Waals surface area contributed by atoms with Gasteiger partial charge in [0.1, 0.15) is 0 Å². The highest BCUT2D eigenvalue weighted by Gasteiger charge is 2.19. The summed E-state index contributed by atoms with van der Waals surface area (Å²) in [6, 6.07) is 6.27. The second kappa shape index (κ2) is 4.83. The molecule has 0 unspecified atom stereocenters. The monoisotopic (exact) mass is 288 g/mol. The summed E-state index contributed by atoms with van der Waals surface area (Å²) in [5.74, 6) is 0. The van der Waals surface area contributed by atoms with Crippen LogP contribution in [0.3, 0.4) is 0 Å². The maximum absolute atomic E-state index is 5.89. The fourth-order valence-electron chi connectivity index (χ4n) is 1.90. The molecule has 1 atom stereocenters. The molecular formula is C11H14BrClN2. The van der Waals surface area contributed by atoms with Crippen molar-refractivity contribution in [2.24, 2.45) is 5.73 Å². The third-order valence-electron chi connectivity index (χ3n) is 2.72. The van der Waals surface area contributed by atoms with E-state index in [2.05, 4.69) is 26.9 Å². The molecule has 0 aromatic heterocycles. The van der Waals surface area contributed by atoms with E-state index in [0.29, 0.717) is 6.04 Å². The fourth-order valence-corrected chi connectivity index (χ4v) is 2.71. The minimum atomic E-state index is 0.344. The number of hydrogen-bond donors (Lipinski definition) is 1. The predicted molar refractivity (Wildman–Crippen MR) is 67.0 cm³/mol. The summed E-state index contributed by atoms with van der Waals surface area (Å²) < 4.78 is 1.08. The Kier molecular flexibility index (Phi) is 3.67. The van der Waals surface area contributed by atoms with E-state index in [4.69, 9.17) is 17.3 Å². The number of nitrogens with two attached hydrogens (primary N) is 1. The maximum Gasteiger partial charge on any atom is 0.0417 e. The minimum absolute atomic E-state index is 0.344. The Balaban J connectivity index is 2.04. The van der Waals surface area contributed by atoms with Gasteiger partial charge in [0.05, 0.1) is 0 Å². The van der Waals surface area contributed by atoms with Crippen LogP contribution in [0.1, 0.15) is 12.0 Å². The van der Waals surface area contributed by atoms with Crippen LogP contribution < -0.4 is 5.73 Å². The van der Waals surface area contributed by atoms with Crippen LogP contribution in [0.4, 0.5) is 0 Å². The van der Waals surface area contributed by atoms with Crippen molar-refractivity contribution in [3.05, 3.63) is 33.3 Å². The molecule has 82 valence electrons. The second-order valence-electron chi connectivity index (χ2n) is 4.02. The zero-order valence-corrected chi connectivity index (χ0v) is 10.8. The van der Waals surface area contributed by atoms with E-state index in [1.165, 1.54) is 5.56 Å². The molecule has 0 radical (unpaired) electrons. The van der Waals surface area contributed by atoms with Gasteiger partial charge in [-0.3, -0.25) is 4.90 Å². The summed E-state index contributed by atoms with van der Waals surface area (Å²) >= 11 is 9.42. The van der Waals surface area contributed by atoms with Crippen LogP contribution in [0.2, 0.25) is 5.02 Å². The van der Waals surface area contributed by atoms with Crippen molar-refractivity contribution in [3.8, 4) is 0 Å². The number of nitrogens with zero attached hydrogens (tertiary/aromatic N) is 1. The second-order valence-corrected chi connectivity index (χ2v) is 5.31. The normalized spacial score (nSPS) is 22.2. The van der Waals surface area contributed by atoms with E-state index < -0.39 is 0 Å². The first-order valence-electron chi connectivity index (χ1n) is 5.07. The zero-order valence-electron chi connectivity index (χ0n) is 8.42. The number of hydrogen-bond acceptors (Lipinski definition) is 2. The molecule has 0 spiro atoms. The van der Waals surface area contributed by atoms with Gasteiger partial charge in [0.25, 0.3) is 0 Å². The Bertz CT molecular complexity index is 356. The van der Waals surface area contributed by atoms with Crippen LogP contribution in [0.15, 0.2) is 22.7 Å². The molecular weight excluding hydrogens is 275 g/mol. The number of benzene rings is 1. The van der Waals surface area contributed by atoms with Crippen molar-refractivity contribution in [1.29, 1.82) is 0 Å². The zero-order chi connectivity index (χ0) is 10.8. The van der Waals surface area contributed by atoms with Gasteiger partial charge in [-0.15, -0.1) is 0 Å². The van der Waals surface area contributed by atoms with E-state index in [9.17, 15) is 0 Å². The number of rotatable bonds is 2. The molecule has 2 N–H and O–H groups in total. The van der Waals surface area contributed by atoms with E-state index in [-0.39, 0.29) is 0 Å². The Morgan fingerprint density at radius 1 is 1.53 bits per heavy atom. The average Bonchev–Trinajstić information content (AvgIpc) is 2.56. The highest BCUT2D eigenvalue weighted by molar-refractivity contribution is 9.10. The van der Waals surface area contributed by atoms with Crippen LogP contribution in [0.25, 0.3) is 0 Å². The predicted octanol–water partition coefficient (Wildman–Crippen LogP) is 2.64. The number of likely N-dealkylation sites (tertiary alicyclic amines) is 1. The molecule has 2 nitrogen and oxygen atoms in total. The lowest BCUT2D eigenvalue weighted by Crippen LogP contribution is -2.26. The van der Waals surface area contributed by atoms with Crippen LogP contribution in [-0.2, 0) is 6.54 Å². The molecule has 1 aromatic rings. The lowest BCUT2D eigenvalue weighted by atomic mass is 10.2. The summed E-state index contributed by atoms with van der Waals surface area (Å²) in [7, 11) is 0. The van der Waals surface area contributed by atoms with Gasteiger partial charge in [0, 0.05) is 35.2 Å². The topological polar surface area (TPSA) is 29.3 Å². The summed E-state index contributed by atoms with van der Waals surface area (Å²) in [4.78, 5) is 2.37. The molecule has 0 amide bonds. The molecule has 2 rings (SSSR count). The third kappa shape index (κ3) is 2.94. The van der Waals surface area contributed by atoms with Crippen molar-refractivity contribution in [1.82, 2.24) is 4.90 Å². The van der Waals surface area contributed by atoms with E-state index in [1.807, 2.05) is 12.1 Å². The standard InChI is InChI=1S/C11H14BrClN2/c12-11-5-9(13)2-1-8(11)6-15-4-3-10(14)7-15/h1-2,5,10H,3-4,6-7,14H2/t10-/m1/s1. The van der Waals surface area contributed by atoms with Gasteiger partial charge in [0.2, 0.25) is 0 Å². The third-order valence-corrected chi connectivity index (χ3v) is 3.69. The Hall–Kier alpha value is -0.0900. The molecule has 1 aromatic carbocycles. The smallest absolute Gasteiger partial charge is 0.0417 e. The minimum Gasteiger partial charge on any atom is -0.326 e. The maximum atomic E-state index is 5.89. The molecule has 1 aliphatic rings. The fraction of sp³-hybridized carbons (Fsp3) is 0.455. The van der Waals surface area contributed by atoms with Crippen LogP contribution in [-0.4, -0.2) is 24.0 Å². The van der Waals surface area contributed by atoms with Crippen molar-refractivity contribution in [3.63, 3.8) is 0 Å². The first kappa shape index (κ1) is 11.4. The van der Waals surface area contributed by atoms with Gasteiger partial charge in [-0.25, -0.2) is 0 Å². The van der Waals surface area contributed by atoms with Crippen molar-refractivity contribution < 1.29 is 0 Å². The first-order valence-corrected chi connectivity index (χ1v) is 6.24. The first-order chi connectivity index (χ1) is 7.15. The van der Waals surface area contributed by atoms with Gasteiger partial charge < -0.3 is 5.73 Å². The van der Waals surface area contributed by atoms with Crippen molar-refractivity contribution in [2.45, 2.75) is 19.0 Å². The highest BCUT2D eigenvalue weighted by Crippen LogP contribution is 2.23. The molecule has 1 aliphatic heterocycles. The summed E-state index contributed by atoms with van der Waals surface area (Å²) in [6.07, 6.45) is 1.10. The van der Waals surface area contributed by atoms with Gasteiger partial charge in [-0.1, -0.05) is 33.6 Å². The average molecular weight is 290 g/mol. The van der Waals surface area contributed by atoms with E-state index in [0.717, 1.165) is 35.6 Å². The Labute approximate surface area is 104 Å². The van der Waals surface area contributed by atoms with Crippen LogP contribution >= 0.6 is 27.5 Å². The molecule has 0 aliphatic carbocycles. The van der Waals surface area contributed by atoms with Crippen molar-refractivity contribution in [2.75, 3.05) is 13.1 Å². The highest BCUT2D eigenvalue weighted by atomic mass is 79.9. The molecule has 0 bridgehead atoms.